The maximum absolute atomic E-state index is 10.6. The lowest BCUT2D eigenvalue weighted by Crippen LogP contribution is -2.42. The molecule has 0 amide bonds. The number of benzene rings is 1. The van der Waals surface area contributed by atoms with E-state index < -0.39 is 0 Å². The summed E-state index contributed by atoms with van der Waals surface area (Å²) in [5.74, 6) is 0.966. The van der Waals surface area contributed by atoms with Crippen LogP contribution in [0.4, 0.5) is 0 Å². The molecule has 3 heterocycles. The normalized spacial score (nSPS) is 19.7. The fourth-order valence-electron chi connectivity index (χ4n) is 4.72. The molecule has 2 atom stereocenters. The van der Waals surface area contributed by atoms with Crippen molar-refractivity contribution in [1.29, 1.82) is 0 Å². The van der Waals surface area contributed by atoms with Gasteiger partial charge in [0.15, 0.2) is 0 Å². The molecule has 35 heavy (non-hydrogen) atoms. The first kappa shape index (κ1) is 31.4. The summed E-state index contributed by atoms with van der Waals surface area (Å²) in [5.41, 5.74) is 12.0. The molecule has 1 aromatic carbocycles. The van der Waals surface area contributed by atoms with Crippen molar-refractivity contribution in [2.45, 2.75) is 93.4 Å². The third-order valence-electron chi connectivity index (χ3n) is 6.77. The van der Waals surface area contributed by atoms with Gasteiger partial charge >= 0.3 is 0 Å². The van der Waals surface area contributed by atoms with Gasteiger partial charge in [-0.2, -0.15) is 0 Å². The third kappa shape index (κ3) is 8.18. The fourth-order valence-corrected chi connectivity index (χ4v) is 5.60. The average molecular weight is 503 g/mol. The molecule has 0 radical (unpaired) electrons. The van der Waals surface area contributed by atoms with Crippen LogP contribution in [0.25, 0.3) is 0 Å². The van der Waals surface area contributed by atoms with Crippen LogP contribution in [-0.4, -0.2) is 35.7 Å². The Morgan fingerprint density at radius 2 is 1.74 bits per heavy atom. The van der Waals surface area contributed by atoms with Crippen LogP contribution in [0.15, 0.2) is 30.2 Å². The summed E-state index contributed by atoms with van der Waals surface area (Å²) in [5, 5.41) is 12.9. The molecular formula is C30H50N2O2S. The number of nitrogens with two attached hydrogens (primary N) is 1. The topological polar surface area (TPSA) is 58.7 Å². The Kier molecular flexibility index (Phi) is 14.5. The van der Waals surface area contributed by atoms with Crippen LogP contribution in [0.5, 0.6) is 5.75 Å². The number of hydrogen-bond donors (Lipinski definition) is 2. The van der Waals surface area contributed by atoms with Crippen LogP contribution in [0.2, 0.25) is 0 Å². The van der Waals surface area contributed by atoms with Crippen molar-refractivity contribution in [2.24, 2.45) is 11.7 Å². The molecule has 2 aliphatic heterocycles. The highest BCUT2D eigenvalue weighted by molar-refractivity contribution is 7.10. The van der Waals surface area contributed by atoms with Gasteiger partial charge < -0.3 is 15.6 Å². The summed E-state index contributed by atoms with van der Waals surface area (Å²) >= 11 is 1.86. The lowest BCUT2D eigenvalue weighted by atomic mass is 9.83. The van der Waals surface area contributed by atoms with E-state index in [2.05, 4.69) is 36.8 Å². The first-order valence-corrected chi connectivity index (χ1v) is 14.3. The Bertz CT molecular complexity index is 885. The molecular weight excluding hydrogens is 452 g/mol. The summed E-state index contributed by atoms with van der Waals surface area (Å²) in [6.07, 6.45) is 4.89. The van der Waals surface area contributed by atoms with Gasteiger partial charge in [0, 0.05) is 30.0 Å². The summed E-state index contributed by atoms with van der Waals surface area (Å²) in [6.45, 7) is 23.4. The summed E-state index contributed by atoms with van der Waals surface area (Å²) in [6, 6.07) is 4.04. The number of thiophene rings is 1. The highest BCUT2D eigenvalue weighted by Gasteiger charge is 2.35. The molecule has 4 rings (SSSR count). The van der Waals surface area contributed by atoms with Crippen molar-refractivity contribution >= 4 is 11.3 Å². The number of fused-ring (bicyclic) bond motifs is 1. The summed E-state index contributed by atoms with van der Waals surface area (Å²) < 4.78 is 6.42. The quantitative estimate of drug-likeness (QED) is 0.426. The summed E-state index contributed by atoms with van der Waals surface area (Å²) in [7, 11) is 0. The first-order valence-electron chi connectivity index (χ1n) is 13.4. The van der Waals surface area contributed by atoms with Crippen molar-refractivity contribution < 1.29 is 9.84 Å². The zero-order chi connectivity index (χ0) is 26.5. The molecule has 0 bridgehead atoms. The average Bonchev–Trinajstić information content (AvgIpc) is 3.21. The van der Waals surface area contributed by atoms with Crippen LogP contribution in [0.3, 0.4) is 0 Å². The van der Waals surface area contributed by atoms with Crippen molar-refractivity contribution in [3.05, 3.63) is 62.9 Å². The fraction of sp³-hybridized carbons (Fsp3) is 0.600. The van der Waals surface area contributed by atoms with E-state index in [1.54, 1.807) is 6.08 Å². The third-order valence-corrected chi connectivity index (χ3v) is 7.83. The van der Waals surface area contributed by atoms with E-state index in [-0.39, 0.29) is 12.2 Å². The zero-order valence-electron chi connectivity index (χ0n) is 23.5. The van der Waals surface area contributed by atoms with Crippen molar-refractivity contribution in [1.82, 2.24) is 4.90 Å². The van der Waals surface area contributed by atoms with Gasteiger partial charge in [-0.3, -0.25) is 4.90 Å². The van der Waals surface area contributed by atoms with Crippen molar-refractivity contribution in [3.8, 4) is 5.75 Å². The monoisotopic (exact) mass is 502 g/mol. The Morgan fingerprint density at radius 3 is 2.26 bits per heavy atom. The number of nitrogens with zero attached hydrogens (tertiary/aromatic N) is 1. The largest absolute Gasteiger partial charge is 0.507 e. The molecule has 0 aliphatic carbocycles. The molecule has 2 unspecified atom stereocenters. The summed E-state index contributed by atoms with van der Waals surface area (Å²) in [4.78, 5) is 4.01. The van der Waals surface area contributed by atoms with Crippen LogP contribution in [0, 0.1) is 26.7 Å². The van der Waals surface area contributed by atoms with Crippen molar-refractivity contribution in [2.75, 3.05) is 19.6 Å². The number of phenols is 1. The van der Waals surface area contributed by atoms with Gasteiger partial charge in [-0.15, -0.1) is 17.9 Å². The van der Waals surface area contributed by atoms with E-state index in [0.29, 0.717) is 18.2 Å². The number of likely N-dealkylation sites (tertiary alicyclic amines) is 1. The SMILES string of the molecule is C=CC.CC.CC.Cc1ccc2c(c1O)CC(C1CCN(Cc3csc(C)c3C)CC1)OC2CN. The molecule has 2 aliphatic rings. The maximum atomic E-state index is 10.6. The van der Waals surface area contributed by atoms with Crippen LogP contribution in [-0.2, 0) is 17.7 Å². The van der Waals surface area contributed by atoms with Gasteiger partial charge in [0.2, 0.25) is 0 Å². The number of aromatic hydroxyl groups is 1. The second kappa shape index (κ2) is 16.2. The number of rotatable bonds is 4. The van der Waals surface area contributed by atoms with E-state index in [9.17, 15) is 5.11 Å². The van der Waals surface area contributed by atoms with E-state index in [1.165, 1.54) is 16.0 Å². The Labute approximate surface area is 219 Å². The van der Waals surface area contributed by atoms with Crippen LogP contribution >= 0.6 is 11.3 Å². The predicted molar refractivity (Wildman–Crippen MR) is 154 cm³/mol. The lowest BCUT2D eigenvalue weighted by Gasteiger charge is -2.40. The number of piperidine rings is 1. The smallest absolute Gasteiger partial charge is 0.122 e. The highest BCUT2D eigenvalue weighted by atomic mass is 32.1. The molecule has 198 valence electrons. The molecule has 4 nitrogen and oxygen atoms in total. The number of hydrogen-bond acceptors (Lipinski definition) is 5. The predicted octanol–water partition coefficient (Wildman–Crippen LogP) is 7.48. The Hall–Kier alpha value is -1.66. The van der Waals surface area contributed by atoms with E-state index in [1.807, 2.05) is 58.9 Å². The number of allylic oxidation sites excluding steroid dienone is 1. The second-order valence-corrected chi connectivity index (χ2v) is 9.95. The Balaban J connectivity index is 0.000000797. The van der Waals surface area contributed by atoms with Gasteiger partial charge in [-0.05, 0) is 87.2 Å². The van der Waals surface area contributed by atoms with E-state index in [4.69, 9.17) is 10.5 Å². The molecule has 0 saturated carbocycles. The number of phenolic OH excluding ortho intramolecular Hbond substituents is 1. The molecule has 5 heteroatoms. The lowest BCUT2D eigenvalue weighted by molar-refractivity contribution is -0.0651. The first-order chi connectivity index (χ1) is 16.9. The highest BCUT2D eigenvalue weighted by Crippen LogP contribution is 2.40. The molecule has 1 aromatic heterocycles. The maximum Gasteiger partial charge on any atom is 0.122 e. The van der Waals surface area contributed by atoms with Gasteiger partial charge in [-0.1, -0.05) is 45.9 Å². The molecule has 0 spiro atoms. The minimum atomic E-state index is -0.102. The van der Waals surface area contributed by atoms with Gasteiger partial charge in [0.05, 0.1) is 12.2 Å². The molecule has 1 fully saturated rings. The number of ether oxygens (including phenoxy) is 1. The van der Waals surface area contributed by atoms with Crippen LogP contribution < -0.4 is 5.73 Å². The Morgan fingerprint density at radius 1 is 1.14 bits per heavy atom. The van der Waals surface area contributed by atoms with E-state index in [0.717, 1.165) is 55.6 Å². The van der Waals surface area contributed by atoms with Gasteiger partial charge in [0.1, 0.15) is 5.75 Å². The van der Waals surface area contributed by atoms with E-state index >= 15 is 0 Å². The number of aryl methyl sites for hydroxylation is 2. The van der Waals surface area contributed by atoms with Crippen LogP contribution in [0.1, 0.15) is 86.3 Å². The standard InChI is InChI=1S/C23H32N2O2S.C3H6.2C2H6/c1-14-4-5-19-20(23(14)26)10-21(27-22(19)11-24)17-6-8-25(9-7-17)12-18-13-28-16(3)15(18)2;1-3-2;2*1-2/h4-5,13,17,21-22,26H,6-12,24H2,1-3H3;3H,1H2,2H3;2*1-2H3. The molecule has 2 aromatic rings. The van der Waals surface area contributed by atoms with Crippen molar-refractivity contribution in [3.63, 3.8) is 0 Å². The molecule has 3 N–H and O–H groups in total. The van der Waals surface area contributed by atoms with Gasteiger partial charge in [-0.25, -0.2) is 0 Å². The minimum absolute atomic E-state index is 0.102. The minimum Gasteiger partial charge on any atom is -0.507 e. The molecule has 1 saturated heterocycles. The zero-order valence-corrected chi connectivity index (χ0v) is 24.3. The van der Waals surface area contributed by atoms with Gasteiger partial charge in [0.25, 0.3) is 0 Å². The second-order valence-electron chi connectivity index (χ2n) is 8.87.